The van der Waals surface area contributed by atoms with Gasteiger partial charge in [-0.05, 0) is 44.9 Å². The summed E-state index contributed by atoms with van der Waals surface area (Å²) in [6.45, 7) is 2.42. The molecule has 0 amide bonds. The highest BCUT2D eigenvalue weighted by Crippen LogP contribution is 2.57. The highest BCUT2D eigenvalue weighted by Gasteiger charge is 2.68. The van der Waals surface area contributed by atoms with Crippen LogP contribution in [-0.2, 0) is 0 Å². The molecule has 0 aliphatic heterocycles. The summed E-state index contributed by atoms with van der Waals surface area (Å²) < 4.78 is 104. The van der Waals surface area contributed by atoms with E-state index in [1.165, 1.54) is 0 Å². The predicted octanol–water partition coefficient (Wildman–Crippen LogP) is 6.22. The highest BCUT2D eigenvalue weighted by molar-refractivity contribution is 4.96. The van der Waals surface area contributed by atoms with Gasteiger partial charge in [-0.1, -0.05) is 13.3 Å². The van der Waals surface area contributed by atoms with Crippen LogP contribution < -0.4 is 0 Å². The van der Waals surface area contributed by atoms with Crippen LogP contribution in [0.5, 0.6) is 0 Å². The molecular weight excluding hydrogens is 320 g/mol. The summed E-state index contributed by atoms with van der Waals surface area (Å²) in [5.74, 6) is -5.81. The van der Waals surface area contributed by atoms with E-state index in [9.17, 15) is 35.1 Å². The molecule has 0 aromatic carbocycles. The molecule has 0 spiro atoms. The van der Waals surface area contributed by atoms with E-state index in [1.807, 2.05) is 0 Å². The molecule has 0 nitrogen and oxygen atoms in total. The van der Waals surface area contributed by atoms with E-state index in [0.717, 1.165) is 0 Å². The van der Waals surface area contributed by atoms with Crippen LogP contribution in [0, 0.1) is 23.2 Å². The molecule has 1 saturated carbocycles. The van der Waals surface area contributed by atoms with Gasteiger partial charge in [-0.2, -0.15) is 26.3 Å². The van der Waals surface area contributed by atoms with Crippen molar-refractivity contribution in [2.45, 2.75) is 64.7 Å². The van der Waals surface area contributed by atoms with Gasteiger partial charge in [0, 0.05) is 5.92 Å². The summed E-state index contributed by atoms with van der Waals surface area (Å²) in [5.41, 5.74) is -3.86. The van der Waals surface area contributed by atoms with Crippen molar-refractivity contribution in [1.82, 2.24) is 0 Å². The maximum atomic E-state index is 13.5. The maximum absolute atomic E-state index is 13.5. The Balaban J connectivity index is 2.99. The third kappa shape index (κ3) is 3.67. The Hall–Kier alpha value is -0.560. The Kier molecular flexibility index (Phi) is 5.15. The average molecular weight is 340 g/mol. The molecule has 3 atom stereocenters. The van der Waals surface area contributed by atoms with E-state index in [1.54, 1.807) is 6.92 Å². The van der Waals surface area contributed by atoms with Gasteiger partial charge in [0.25, 0.3) is 0 Å². The van der Waals surface area contributed by atoms with Gasteiger partial charge in [0.15, 0.2) is 5.41 Å². The van der Waals surface area contributed by atoms with Crippen molar-refractivity contribution in [1.29, 1.82) is 0 Å². The van der Waals surface area contributed by atoms with Crippen molar-refractivity contribution in [3.8, 4) is 0 Å². The van der Waals surface area contributed by atoms with E-state index in [-0.39, 0.29) is 19.8 Å². The van der Waals surface area contributed by atoms with Crippen molar-refractivity contribution in [2.75, 3.05) is 0 Å². The van der Waals surface area contributed by atoms with Crippen LogP contribution in [0.25, 0.3) is 0 Å². The molecule has 1 aliphatic carbocycles. The third-order valence-corrected chi connectivity index (χ3v) is 4.92. The second-order valence-corrected chi connectivity index (χ2v) is 6.60. The minimum atomic E-state index is -5.46. The summed E-state index contributed by atoms with van der Waals surface area (Å²) in [6, 6.07) is 0. The largest absolute Gasteiger partial charge is 0.402 e. The van der Waals surface area contributed by atoms with E-state index in [2.05, 4.69) is 0 Å². The Morgan fingerprint density at radius 3 is 1.55 bits per heavy atom. The van der Waals surface area contributed by atoms with E-state index >= 15 is 0 Å². The third-order valence-electron chi connectivity index (χ3n) is 4.92. The Labute approximate surface area is 124 Å². The fourth-order valence-corrected chi connectivity index (χ4v) is 3.45. The van der Waals surface area contributed by atoms with Crippen molar-refractivity contribution in [3.05, 3.63) is 0 Å². The molecule has 1 aliphatic rings. The molecule has 8 heteroatoms. The summed E-state index contributed by atoms with van der Waals surface area (Å²) in [4.78, 5) is 0. The molecule has 22 heavy (non-hydrogen) atoms. The predicted molar refractivity (Wildman–Crippen MR) is 65.5 cm³/mol. The molecule has 1 fully saturated rings. The van der Waals surface area contributed by atoms with Crippen LogP contribution in [-0.4, -0.2) is 18.3 Å². The molecule has 0 saturated heterocycles. The van der Waals surface area contributed by atoms with Crippen LogP contribution >= 0.6 is 0 Å². The summed E-state index contributed by atoms with van der Waals surface area (Å²) in [6.07, 6.45) is -12.1. The molecule has 0 heterocycles. The molecule has 3 unspecified atom stereocenters. The highest BCUT2D eigenvalue weighted by atomic mass is 19.4. The normalized spacial score (nSPS) is 28.2. The van der Waals surface area contributed by atoms with Crippen LogP contribution in [0.3, 0.4) is 0 Å². The molecule has 0 aromatic rings. The average Bonchev–Trinajstić information content (AvgIpc) is 2.68. The first-order chi connectivity index (χ1) is 9.63. The molecule has 132 valence electrons. The Morgan fingerprint density at radius 2 is 1.27 bits per heavy atom. The van der Waals surface area contributed by atoms with Crippen molar-refractivity contribution in [3.63, 3.8) is 0 Å². The van der Waals surface area contributed by atoms with Crippen LogP contribution in [0.4, 0.5) is 35.1 Å². The number of alkyl halides is 8. The van der Waals surface area contributed by atoms with Gasteiger partial charge in [-0.15, -0.1) is 0 Å². The lowest BCUT2D eigenvalue weighted by molar-refractivity contribution is -0.339. The number of rotatable bonds is 4. The van der Waals surface area contributed by atoms with Gasteiger partial charge >= 0.3 is 12.4 Å². The zero-order chi connectivity index (χ0) is 17.6. The van der Waals surface area contributed by atoms with E-state index in [0.29, 0.717) is 13.3 Å². The summed E-state index contributed by atoms with van der Waals surface area (Å²) in [5, 5.41) is 0. The minimum absolute atomic E-state index is 0.0215. The second-order valence-electron chi connectivity index (χ2n) is 6.60. The lowest BCUT2D eigenvalue weighted by Crippen LogP contribution is -2.48. The first-order valence-corrected chi connectivity index (χ1v) is 7.14. The van der Waals surface area contributed by atoms with Gasteiger partial charge in [0.1, 0.15) is 0 Å². The van der Waals surface area contributed by atoms with Gasteiger partial charge in [-0.3, -0.25) is 0 Å². The fourth-order valence-electron chi connectivity index (χ4n) is 3.45. The SMILES string of the molecule is CCC1CC(CC(C)(C(F)(F)F)C(F)(F)F)CC1C(C)(F)F. The second kappa shape index (κ2) is 5.82. The van der Waals surface area contributed by atoms with Crippen LogP contribution in [0.2, 0.25) is 0 Å². The zero-order valence-electron chi connectivity index (χ0n) is 12.6. The summed E-state index contributed by atoms with van der Waals surface area (Å²) >= 11 is 0. The van der Waals surface area contributed by atoms with Crippen molar-refractivity contribution in [2.24, 2.45) is 23.2 Å². The monoisotopic (exact) mass is 340 g/mol. The smallest absolute Gasteiger partial charge is 0.207 e. The molecule has 0 aromatic heterocycles. The van der Waals surface area contributed by atoms with E-state index in [4.69, 9.17) is 0 Å². The minimum Gasteiger partial charge on any atom is -0.207 e. The lowest BCUT2D eigenvalue weighted by atomic mass is 9.78. The van der Waals surface area contributed by atoms with Gasteiger partial charge in [0.2, 0.25) is 5.92 Å². The van der Waals surface area contributed by atoms with Gasteiger partial charge < -0.3 is 0 Å². The maximum Gasteiger partial charge on any atom is 0.402 e. The topological polar surface area (TPSA) is 0 Å². The zero-order valence-corrected chi connectivity index (χ0v) is 12.6. The molecule has 1 rings (SSSR count). The first kappa shape index (κ1) is 19.5. The van der Waals surface area contributed by atoms with Crippen LogP contribution in [0.15, 0.2) is 0 Å². The van der Waals surface area contributed by atoms with E-state index < -0.39 is 47.9 Å². The number of hydrogen-bond acceptors (Lipinski definition) is 0. The summed E-state index contributed by atoms with van der Waals surface area (Å²) in [7, 11) is 0. The van der Waals surface area contributed by atoms with Crippen LogP contribution in [0.1, 0.15) is 46.5 Å². The standard InChI is InChI=1S/C14H20F8/c1-4-9-5-8(6-10(9)12(3,15)16)7-11(2,13(17,18)19)14(20,21)22/h8-10H,4-7H2,1-3H3. The molecule has 0 radical (unpaired) electrons. The van der Waals surface area contributed by atoms with Gasteiger partial charge in [0.05, 0.1) is 0 Å². The number of hydrogen-bond donors (Lipinski definition) is 0. The van der Waals surface area contributed by atoms with Gasteiger partial charge in [-0.25, -0.2) is 8.78 Å². The Bertz CT molecular complexity index is 362. The lowest BCUT2D eigenvalue weighted by Gasteiger charge is -2.36. The first-order valence-electron chi connectivity index (χ1n) is 7.14. The number of halogens is 8. The molecule has 0 bridgehead atoms. The van der Waals surface area contributed by atoms with Crippen molar-refractivity contribution < 1.29 is 35.1 Å². The fraction of sp³-hybridized carbons (Fsp3) is 1.00. The van der Waals surface area contributed by atoms with Crippen molar-refractivity contribution >= 4 is 0 Å². The Morgan fingerprint density at radius 1 is 0.818 bits per heavy atom. The quantitative estimate of drug-likeness (QED) is 0.533. The molecular formula is C14H20F8. The molecule has 0 N–H and O–H groups in total.